The van der Waals surface area contributed by atoms with E-state index in [0.29, 0.717) is 47.6 Å². The number of nitrogens with zero attached hydrogens (tertiary/aromatic N) is 1. The van der Waals surface area contributed by atoms with E-state index >= 15 is 0 Å². The molecule has 5 rings (SSSR count). The molecule has 1 aromatic heterocycles. The molecule has 9 heteroatoms. The van der Waals surface area contributed by atoms with Crippen molar-refractivity contribution in [2.24, 2.45) is 0 Å². The lowest BCUT2D eigenvalue weighted by Gasteiger charge is -2.19. The zero-order chi connectivity index (χ0) is 30.2. The number of hydrogen-bond acceptors (Lipinski definition) is 6. The number of carboxylic acid groups (broad SMARTS) is 1. The average Bonchev–Trinajstić information content (AvgIpc) is 3.02. The van der Waals surface area contributed by atoms with E-state index in [2.05, 4.69) is 10.3 Å². The Morgan fingerprint density at radius 2 is 1.65 bits per heavy atom. The van der Waals surface area contributed by atoms with E-state index in [1.807, 2.05) is 66.7 Å². The Bertz CT molecular complexity index is 1740. The number of rotatable bonds is 12. The Morgan fingerprint density at radius 1 is 0.884 bits per heavy atom. The number of anilines is 1. The number of aromatic nitrogens is 1. The lowest BCUT2D eigenvalue weighted by Crippen LogP contribution is -2.28. The molecular formula is C34H33N3O6. The smallest absolute Gasteiger partial charge is 0.412 e. The van der Waals surface area contributed by atoms with Crippen LogP contribution < -0.4 is 20.5 Å². The number of phenols is 1. The lowest BCUT2D eigenvalue weighted by molar-refractivity contribution is 0.176. The molecule has 5 aromatic rings. The maximum absolute atomic E-state index is 11.8. The second kappa shape index (κ2) is 13.7. The SMILES string of the molecule is O=C(O)N(Cc1cccc(OCc2ccc(CCNC[C@H](O)c3ccc(O)c4[nH]c(=O)ccc34)cc2)c1)c1ccccc1. The molecule has 4 aromatic carbocycles. The quantitative estimate of drug-likeness (QED) is 0.126. The van der Waals surface area contributed by atoms with Crippen molar-refractivity contribution in [3.63, 3.8) is 0 Å². The number of pyridine rings is 1. The monoisotopic (exact) mass is 579 g/mol. The van der Waals surface area contributed by atoms with Gasteiger partial charge in [-0.1, -0.05) is 60.7 Å². The molecule has 0 bridgehead atoms. The number of aromatic hydroxyl groups is 1. The summed E-state index contributed by atoms with van der Waals surface area (Å²) in [7, 11) is 0. The first-order valence-corrected chi connectivity index (χ1v) is 14.0. The van der Waals surface area contributed by atoms with Gasteiger partial charge in [-0.2, -0.15) is 0 Å². The van der Waals surface area contributed by atoms with Crippen LogP contribution in [0.2, 0.25) is 0 Å². The molecule has 0 radical (unpaired) electrons. The van der Waals surface area contributed by atoms with Crippen LogP contribution in [0.15, 0.2) is 108 Å². The molecule has 220 valence electrons. The van der Waals surface area contributed by atoms with Crippen molar-refractivity contribution in [3.05, 3.63) is 136 Å². The van der Waals surface area contributed by atoms with E-state index in [1.54, 1.807) is 24.3 Å². The lowest BCUT2D eigenvalue weighted by atomic mass is 10.0. The van der Waals surface area contributed by atoms with Gasteiger partial charge in [-0.05, 0) is 71.6 Å². The highest BCUT2D eigenvalue weighted by Gasteiger charge is 2.15. The first kappa shape index (κ1) is 29.4. The van der Waals surface area contributed by atoms with Crippen LogP contribution in [-0.4, -0.2) is 39.5 Å². The summed E-state index contributed by atoms with van der Waals surface area (Å²) in [5.74, 6) is 0.625. The molecule has 5 N–H and O–H groups in total. The van der Waals surface area contributed by atoms with Crippen LogP contribution in [0.1, 0.15) is 28.4 Å². The first-order valence-electron chi connectivity index (χ1n) is 14.0. The van der Waals surface area contributed by atoms with Crippen LogP contribution in [-0.2, 0) is 19.6 Å². The molecule has 0 fully saturated rings. The van der Waals surface area contributed by atoms with Gasteiger partial charge in [-0.25, -0.2) is 4.79 Å². The fourth-order valence-electron chi connectivity index (χ4n) is 4.89. The van der Waals surface area contributed by atoms with Gasteiger partial charge in [0.2, 0.25) is 5.56 Å². The highest BCUT2D eigenvalue weighted by Crippen LogP contribution is 2.28. The van der Waals surface area contributed by atoms with Crippen LogP contribution in [0, 0.1) is 0 Å². The van der Waals surface area contributed by atoms with Gasteiger partial charge in [0.05, 0.1) is 18.2 Å². The Morgan fingerprint density at radius 3 is 2.42 bits per heavy atom. The third kappa shape index (κ3) is 7.59. The molecule has 43 heavy (non-hydrogen) atoms. The third-order valence-electron chi connectivity index (χ3n) is 7.16. The average molecular weight is 580 g/mol. The van der Waals surface area contributed by atoms with Crippen molar-refractivity contribution >= 4 is 22.7 Å². The summed E-state index contributed by atoms with van der Waals surface area (Å²) in [6, 6.07) is 30.7. The Labute approximate surface area is 248 Å². The van der Waals surface area contributed by atoms with Crippen molar-refractivity contribution in [1.82, 2.24) is 10.3 Å². The second-order valence-electron chi connectivity index (χ2n) is 10.2. The van der Waals surface area contributed by atoms with Crippen molar-refractivity contribution in [2.45, 2.75) is 25.7 Å². The highest BCUT2D eigenvalue weighted by molar-refractivity contribution is 5.87. The zero-order valence-electron chi connectivity index (χ0n) is 23.4. The van der Waals surface area contributed by atoms with E-state index in [-0.39, 0.29) is 17.9 Å². The molecule has 0 aliphatic carbocycles. The molecule has 0 aliphatic heterocycles. The Balaban J connectivity index is 1.09. The van der Waals surface area contributed by atoms with Crippen molar-refractivity contribution in [2.75, 3.05) is 18.0 Å². The Kier molecular flexibility index (Phi) is 9.36. The number of aromatic amines is 1. The van der Waals surface area contributed by atoms with Gasteiger partial charge in [0, 0.05) is 23.7 Å². The summed E-state index contributed by atoms with van der Waals surface area (Å²) in [6.45, 7) is 1.56. The predicted octanol–water partition coefficient (Wildman–Crippen LogP) is 5.36. The maximum atomic E-state index is 11.8. The molecule has 9 nitrogen and oxygen atoms in total. The number of aliphatic hydroxyl groups excluding tert-OH is 1. The number of ether oxygens (including phenoxy) is 1. The summed E-state index contributed by atoms with van der Waals surface area (Å²) >= 11 is 0. The standard InChI is InChI=1S/C34H33N3O6/c38-30-15-13-28(29-14-16-32(40)36-33(29)30)31(39)20-35-18-17-23-9-11-24(12-10-23)22-43-27-8-4-5-25(19-27)21-37(34(41)42)26-6-2-1-3-7-26/h1-16,19,31,35,38-39H,17-18,20-22H2,(H,36,40)(H,41,42)/t31-/m0/s1. The molecule has 1 heterocycles. The maximum Gasteiger partial charge on any atom is 0.412 e. The summed E-state index contributed by atoms with van der Waals surface area (Å²) in [5.41, 5.74) is 4.20. The summed E-state index contributed by atoms with van der Waals surface area (Å²) in [5, 5.41) is 34.3. The van der Waals surface area contributed by atoms with Crippen LogP contribution >= 0.6 is 0 Å². The van der Waals surface area contributed by atoms with Gasteiger partial charge >= 0.3 is 6.09 Å². The summed E-state index contributed by atoms with van der Waals surface area (Å²) in [6.07, 6.45) is -1.06. The molecule has 0 aliphatic rings. The number of benzene rings is 4. The van der Waals surface area contributed by atoms with E-state index in [9.17, 15) is 24.9 Å². The third-order valence-corrected chi connectivity index (χ3v) is 7.16. The molecule has 1 atom stereocenters. The largest absolute Gasteiger partial charge is 0.506 e. The van der Waals surface area contributed by atoms with E-state index in [4.69, 9.17) is 4.74 Å². The normalized spacial score (nSPS) is 11.7. The number of amides is 1. The van der Waals surface area contributed by atoms with Gasteiger partial charge < -0.3 is 30.4 Å². The van der Waals surface area contributed by atoms with E-state index < -0.39 is 12.2 Å². The predicted molar refractivity (Wildman–Crippen MR) is 166 cm³/mol. The number of nitrogens with one attached hydrogen (secondary N) is 2. The fraction of sp³-hybridized carbons (Fsp3) is 0.176. The number of phenolic OH excluding ortho intramolecular Hbond substituents is 1. The van der Waals surface area contributed by atoms with E-state index in [1.165, 1.54) is 17.0 Å². The van der Waals surface area contributed by atoms with E-state index in [0.717, 1.165) is 23.1 Å². The summed E-state index contributed by atoms with van der Waals surface area (Å²) < 4.78 is 5.99. The van der Waals surface area contributed by atoms with Crippen LogP contribution in [0.25, 0.3) is 10.9 Å². The topological polar surface area (TPSA) is 135 Å². The van der Waals surface area contributed by atoms with Crippen molar-refractivity contribution in [3.8, 4) is 11.5 Å². The molecule has 0 unspecified atom stereocenters. The van der Waals surface area contributed by atoms with Crippen LogP contribution in [0.3, 0.4) is 0 Å². The minimum atomic E-state index is -1.02. The molecule has 1 amide bonds. The van der Waals surface area contributed by atoms with Gasteiger partial charge in [0.25, 0.3) is 0 Å². The Hall–Kier alpha value is -5.12. The highest BCUT2D eigenvalue weighted by atomic mass is 16.5. The summed E-state index contributed by atoms with van der Waals surface area (Å²) in [4.78, 5) is 27.4. The van der Waals surface area contributed by atoms with Crippen molar-refractivity contribution in [1.29, 1.82) is 0 Å². The number of hydrogen-bond donors (Lipinski definition) is 5. The second-order valence-corrected chi connectivity index (χ2v) is 10.2. The molecule has 0 spiro atoms. The molecule has 0 saturated heterocycles. The van der Waals surface area contributed by atoms with Gasteiger partial charge in [-0.15, -0.1) is 0 Å². The van der Waals surface area contributed by atoms with Crippen LogP contribution in [0.5, 0.6) is 11.5 Å². The number of fused-ring (bicyclic) bond motifs is 1. The van der Waals surface area contributed by atoms with Crippen LogP contribution in [0.4, 0.5) is 10.5 Å². The number of H-pyrrole nitrogens is 1. The van der Waals surface area contributed by atoms with Gasteiger partial charge in [0.15, 0.2) is 0 Å². The number of para-hydroxylation sites is 1. The fourth-order valence-corrected chi connectivity index (χ4v) is 4.89. The molecule has 0 saturated carbocycles. The minimum absolute atomic E-state index is 0.0371. The van der Waals surface area contributed by atoms with Gasteiger partial charge in [0.1, 0.15) is 18.1 Å². The molecular weight excluding hydrogens is 546 g/mol. The van der Waals surface area contributed by atoms with Gasteiger partial charge in [-0.3, -0.25) is 9.69 Å². The first-order chi connectivity index (χ1) is 20.9. The number of carbonyl (C=O) groups is 1. The zero-order valence-corrected chi connectivity index (χ0v) is 23.4. The minimum Gasteiger partial charge on any atom is -0.506 e. The van der Waals surface area contributed by atoms with Crippen molar-refractivity contribution < 1.29 is 24.9 Å². The number of aliphatic hydroxyl groups is 1.